The van der Waals surface area contributed by atoms with Crippen molar-refractivity contribution < 1.29 is 9.47 Å². The summed E-state index contributed by atoms with van der Waals surface area (Å²) in [5, 5.41) is 0. The van der Waals surface area contributed by atoms with Gasteiger partial charge in [0.1, 0.15) is 17.2 Å². The van der Waals surface area contributed by atoms with Gasteiger partial charge in [-0.3, -0.25) is 9.97 Å². The van der Waals surface area contributed by atoms with Gasteiger partial charge in [-0.2, -0.15) is 0 Å². The molecule has 41 heavy (non-hydrogen) atoms. The fraction of sp³-hybridized carbons (Fsp3) is 0.229. The molecule has 5 nitrogen and oxygen atoms in total. The highest BCUT2D eigenvalue weighted by molar-refractivity contribution is 6.97. The van der Waals surface area contributed by atoms with Crippen molar-refractivity contribution in [2.45, 2.75) is 52.4 Å². The standard InChI is InChI=1S/C35H32BN3O2/c1-34(2,3)23-19-25(21-13-9-7-10-14-21)38-31-29(23)40-27-17-18-37-33-28(27)36(31)32-30(41-33)24(35(4,5)6)20-26(39-32)22-15-11-8-12-16-22/h7-20H,1-6H3. The fourth-order valence-electron chi connectivity index (χ4n) is 5.82. The van der Waals surface area contributed by atoms with Crippen molar-refractivity contribution in [1.29, 1.82) is 0 Å². The van der Waals surface area contributed by atoms with Crippen LogP contribution in [0.2, 0.25) is 0 Å². The molecule has 6 heteroatoms. The van der Waals surface area contributed by atoms with Crippen molar-refractivity contribution in [2.75, 3.05) is 0 Å². The molecule has 5 heterocycles. The van der Waals surface area contributed by atoms with Crippen LogP contribution in [0.3, 0.4) is 0 Å². The Kier molecular flexibility index (Phi) is 5.62. The summed E-state index contributed by atoms with van der Waals surface area (Å²) in [6.45, 7) is 13.0. The second-order valence-electron chi connectivity index (χ2n) is 12.9. The summed E-state index contributed by atoms with van der Waals surface area (Å²) in [5.74, 6) is 2.84. The summed E-state index contributed by atoms with van der Waals surface area (Å²) < 4.78 is 13.3. The lowest BCUT2D eigenvalue weighted by Crippen LogP contribution is -2.60. The molecule has 0 N–H and O–H groups in total. The lowest BCUT2D eigenvalue weighted by molar-refractivity contribution is 0.427. The van der Waals surface area contributed by atoms with Crippen molar-refractivity contribution in [3.8, 4) is 45.6 Å². The van der Waals surface area contributed by atoms with E-state index >= 15 is 0 Å². The Labute approximate surface area is 241 Å². The first-order valence-corrected chi connectivity index (χ1v) is 14.2. The molecule has 202 valence electrons. The van der Waals surface area contributed by atoms with Crippen molar-refractivity contribution in [3.05, 3.63) is 96.2 Å². The topological polar surface area (TPSA) is 57.1 Å². The number of ether oxygens (including phenoxy) is 2. The van der Waals surface area contributed by atoms with Crippen LogP contribution in [0, 0.1) is 0 Å². The van der Waals surface area contributed by atoms with Crippen LogP contribution in [-0.2, 0) is 10.8 Å². The smallest absolute Gasteiger partial charge is 0.309 e. The Balaban J connectivity index is 1.57. The number of rotatable bonds is 2. The van der Waals surface area contributed by atoms with Gasteiger partial charge in [-0.05, 0) is 29.0 Å². The van der Waals surface area contributed by atoms with E-state index in [9.17, 15) is 0 Å². The number of benzene rings is 2. The minimum Gasteiger partial charge on any atom is -0.456 e. The first-order valence-electron chi connectivity index (χ1n) is 14.2. The summed E-state index contributed by atoms with van der Waals surface area (Å²) in [6.07, 6.45) is 1.76. The number of pyridine rings is 3. The average Bonchev–Trinajstić information content (AvgIpc) is 2.96. The van der Waals surface area contributed by atoms with Gasteiger partial charge < -0.3 is 9.47 Å². The SMILES string of the molecule is CC(C)(C)c1cc(-c2ccccc2)nc2c1Oc1ccnc3c1B2c1nc(-c2ccccc2)cc(C(C)(C)C)c1O3. The molecule has 2 aliphatic heterocycles. The molecule has 0 atom stereocenters. The van der Waals surface area contributed by atoms with Gasteiger partial charge in [0.2, 0.25) is 5.88 Å². The van der Waals surface area contributed by atoms with Crippen LogP contribution >= 0.6 is 0 Å². The zero-order valence-corrected chi connectivity index (χ0v) is 24.3. The lowest BCUT2D eigenvalue weighted by atomic mass is 9.37. The van der Waals surface area contributed by atoms with Crippen molar-refractivity contribution >= 4 is 23.4 Å². The van der Waals surface area contributed by atoms with Gasteiger partial charge >= 0.3 is 6.71 Å². The summed E-state index contributed by atoms with van der Waals surface area (Å²) in [4.78, 5) is 15.3. The van der Waals surface area contributed by atoms with Crippen LogP contribution in [0.15, 0.2) is 85.1 Å². The Hall–Kier alpha value is -4.45. The third-order valence-corrected chi connectivity index (χ3v) is 7.91. The Morgan fingerprint density at radius 1 is 0.610 bits per heavy atom. The lowest BCUT2D eigenvalue weighted by Gasteiger charge is -2.36. The van der Waals surface area contributed by atoms with Gasteiger partial charge in [-0.1, -0.05) is 102 Å². The number of hydrogen-bond acceptors (Lipinski definition) is 5. The Morgan fingerprint density at radius 3 is 1.59 bits per heavy atom. The maximum Gasteiger partial charge on any atom is 0.309 e. The second kappa shape index (κ2) is 9.03. The fourth-order valence-corrected chi connectivity index (χ4v) is 5.82. The average molecular weight is 537 g/mol. The molecule has 2 aliphatic rings. The highest BCUT2D eigenvalue weighted by Gasteiger charge is 2.46. The Morgan fingerprint density at radius 2 is 1.10 bits per heavy atom. The molecule has 0 unspecified atom stereocenters. The summed E-state index contributed by atoms with van der Waals surface area (Å²) in [6, 6.07) is 26.9. The van der Waals surface area contributed by atoms with E-state index in [4.69, 9.17) is 19.4 Å². The molecule has 0 bridgehead atoms. The highest BCUT2D eigenvalue weighted by Crippen LogP contribution is 2.42. The number of hydrogen-bond donors (Lipinski definition) is 0. The molecule has 3 aromatic heterocycles. The number of aromatic nitrogens is 3. The molecule has 0 spiro atoms. The highest BCUT2D eigenvalue weighted by atomic mass is 16.5. The van der Waals surface area contributed by atoms with Crippen molar-refractivity contribution in [2.24, 2.45) is 0 Å². The zero-order chi connectivity index (χ0) is 28.5. The first-order chi connectivity index (χ1) is 19.6. The predicted molar refractivity (Wildman–Crippen MR) is 166 cm³/mol. The normalized spacial score (nSPS) is 13.5. The van der Waals surface area contributed by atoms with Crippen LogP contribution in [-0.4, -0.2) is 21.7 Å². The molecular formula is C35H32BN3O2. The van der Waals surface area contributed by atoms with E-state index < -0.39 is 0 Å². The molecule has 5 aromatic rings. The molecule has 0 fully saturated rings. The third kappa shape index (κ3) is 4.21. The molecule has 0 radical (unpaired) electrons. The van der Waals surface area contributed by atoms with Gasteiger partial charge in [-0.25, -0.2) is 4.98 Å². The second-order valence-corrected chi connectivity index (χ2v) is 12.9. The summed E-state index contributed by atoms with van der Waals surface area (Å²) >= 11 is 0. The molecule has 2 aromatic carbocycles. The number of nitrogens with zero attached hydrogens (tertiary/aromatic N) is 3. The van der Waals surface area contributed by atoms with Gasteiger partial charge in [-0.15, -0.1) is 0 Å². The maximum absolute atomic E-state index is 6.69. The van der Waals surface area contributed by atoms with Crippen LogP contribution in [0.25, 0.3) is 22.5 Å². The van der Waals surface area contributed by atoms with Gasteiger partial charge in [0, 0.05) is 33.9 Å². The van der Waals surface area contributed by atoms with E-state index in [1.165, 1.54) is 0 Å². The Bertz CT molecular complexity index is 1680. The monoisotopic (exact) mass is 537 g/mol. The van der Waals surface area contributed by atoms with Crippen LogP contribution in [0.5, 0.6) is 23.1 Å². The maximum atomic E-state index is 6.69. The largest absolute Gasteiger partial charge is 0.456 e. The number of fused-ring (bicyclic) bond motifs is 4. The van der Waals surface area contributed by atoms with Gasteiger partial charge in [0.05, 0.1) is 22.6 Å². The van der Waals surface area contributed by atoms with Crippen molar-refractivity contribution in [3.63, 3.8) is 0 Å². The van der Waals surface area contributed by atoms with Crippen LogP contribution in [0.1, 0.15) is 52.7 Å². The molecule has 0 saturated carbocycles. The molecule has 7 rings (SSSR count). The van der Waals surface area contributed by atoms with Crippen LogP contribution < -0.4 is 26.1 Å². The van der Waals surface area contributed by atoms with E-state index in [1.54, 1.807) is 6.20 Å². The van der Waals surface area contributed by atoms with E-state index in [0.29, 0.717) is 5.88 Å². The molecular weight excluding hydrogens is 505 g/mol. The van der Waals surface area contributed by atoms with E-state index in [-0.39, 0.29) is 17.5 Å². The summed E-state index contributed by atoms with van der Waals surface area (Å²) in [7, 11) is 0. The van der Waals surface area contributed by atoms with Gasteiger partial charge in [0.15, 0.2) is 0 Å². The summed E-state index contributed by atoms with van der Waals surface area (Å²) in [5.41, 5.74) is 8.33. The van der Waals surface area contributed by atoms with Crippen molar-refractivity contribution in [1.82, 2.24) is 15.0 Å². The van der Waals surface area contributed by atoms with E-state index in [1.807, 2.05) is 42.5 Å². The first kappa shape index (κ1) is 25.5. The minimum atomic E-state index is -0.296. The minimum absolute atomic E-state index is 0.187. The van der Waals surface area contributed by atoms with Crippen LogP contribution in [0.4, 0.5) is 0 Å². The molecule has 0 aliphatic carbocycles. The zero-order valence-electron chi connectivity index (χ0n) is 24.3. The van der Waals surface area contributed by atoms with Gasteiger partial charge in [0.25, 0.3) is 0 Å². The third-order valence-electron chi connectivity index (χ3n) is 7.91. The van der Waals surface area contributed by atoms with E-state index in [2.05, 4.69) is 82.9 Å². The predicted octanol–water partition coefficient (Wildman–Crippen LogP) is 6.53. The quantitative estimate of drug-likeness (QED) is 0.235. The molecule has 0 amide bonds. The van der Waals surface area contributed by atoms with E-state index in [0.717, 1.165) is 67.5 Å². The molecule has 0 saturated heterocycles.